The Morgan fingerprint density at radius 2 is 1.97 bits per heavy atom. The van der Waals surface area contributed by atoms with E-state index >= 15 is 0 Å². The molecule has 2 aromatic rings. The highest BCUT2D eigenvalue weighted by molar-refractivity contribution is 7.89. The molecule has 11 heteroatoms. The van der Waals surface area contributed by atoms with Crippen molar-refractivity contribution in [2.75, 3.05) is 34.1 Å². The van der Waals surface area contributed by atoms with Gasteiger partial charge in [0.25, 0.3) is 5.91 Å². The average molecular weight is 438 g/mol. The minimum atomic E-state index is -3.82. The molecule has 10 nitrogen and oxygen atoms in total. The maximum Gasteiger partial charge on any atom is 0.251 e. The van der Waals surface area contributed by atoms with Crippen molar-refractivity contribution >= 4 is 15.9 Å². The number of aliphatic hydroxyl groups is 1. The number of benzene rings is 2. The Morgan fingerprint density at radius 3 is 2.70 bits per heavy atom. The van der Waals surface area contributed by atoms with Gasteiger partial charge in [-0.3, -0.25) is 4.79 Å². The van der Waals surface area contributed by atoms with E-state index in [0.29, 0.717) is 17.2 Å². The highest BCUT2D eigenvalue weighted by Crippen LogP contribution is 2.35. The third-order valence-corrected chi connectivity index (χ3v) is 5.70. The van der Waals surface area contributed by atoms with Crippen LogP contribution in [-0.2, 0) is 10.0 Å². The molecule has 1 atom stereocenters. The van der Waals surface area contributed by atoms with Gasteiger partial charge in [-0.25, -0.2) is 13.1 Å². The summed E-state index contributed by atoms with van der Waals surface area (Å²) in [5, 5.41) is 12.6. The zero-order valence-corrected chi connectivity index (χ0v) is 17.2. The second-order valence-corrected chi connectivity index (χ2v) is 8.12. The van der Waals surface area contributed by atoms with Crippen LogP contribution in [0.1, 0.15) is 10.4 Å². The Labute approximate surface area is 173 Å². The van der Waals surface area contributed by atoms with Gasteiger partial charge in [0.2, 0.25) is 16.8 Å². The van der Waals surface area contributed by atoms with Crippen LogP contribution in [-0.4, -0.2) is 59.6 Å². The monoisotopic (exact) mass is 438 g/mol. The molecule has 1 heterocycles. The minimum Gasteiger partial charge on any atom is -0.495 e. The van der Waals surface area contributed by atoms with Crippen LogP contribution < -0.4 is 29.0 Å². The summed E-state index contributed by atoms with van der Waals surface area (Å²) < 4.78 is 47.4. The number of carbonyl (C=O) groups excluding carboxylic acids is 1. The Morgan fingerprint density at radius 1 is 1.20 bits per heavy atom. The number of ether oxygens (including phenoxy) is 4. The number of amides is 1. The summed E-state index contributed by atoms with van der Waals surface area (Å²) in [5.41, 5.74) is 0.105. The van der Waals surface area contributed by atoms with E-state index in [1.807, 2.05) is 0 Å². The molecule has 1 aliphatic heterocycles. The van der Waals surface area contributed by atoms with Crippen molar-refractivity contribution < 1.29 is 37.3 Å². The van der Waals surface area contributed by atoms with Gasteiger partial charge in [-0.2, -0.15) is 0 Å². The molecule has 162 valence electrons. The predicted molar refractivity (Wildman–Crippen MR) is 106 cm³/mol. The smallest absolute Gasteiger partial charge is 0.251 e. The zero-order chi connectivity index (χ0) is 21.7. The summed E-state index contributed by atoms with van der Waals surface area (Å²) in [6, 6.07) is 9.05. The Hall–Kier alpha value is -3.02. The molecule has 0 saturated heterocycles. The normalized spacial score (nSPS) is 13.6. The fourth-order valence-corrected chi connectivity index (χ4v) is 3.59. The van der Waals surface area contributed by atoms with E-state index in [2.05, 4.69) is 10.0 Å². The first-order chi connectivity index (χ1) is 14.3. The lowest BCUT2D eigenvalue weighted by molar-refractivity contribution is 0.0843. The lowest BCUT2D eigenvalue weighted by Crippen LogP contribution is -2.35. The number of carbonyl (C=O) groups is 1. The van der Waals surface area contributed by atoms with Crippen LogP contribution >= 0.6 is 0 Å². The molecule has 0 fully saturated rings. The van der Waals surface area contributed by atoms with Gasteiger partial charge in [0.1, 0.15) is 29.1 Å². The Bertz CT molecular complexity index is 1030. The summed E-state index contributed by atoms with van der Waals surface area (Å²) in [7, 11) is -1.22. The van der Waals surface area contributed by atoms with Crippen molar-refractivity contribution in [2.24, 2.45) is 0 Å². The number of aliphatic hydroxyl groups excluding tert-OH is 1. The molecule has 2 aromatic carbocycles. The van der Waals surface area contributed by atoms with Crippen molar-refractivity contribution in [3.8, 4) is 23.0 Å². The summed E-state index contributed by atoms with van der Waals surface area (Å²) >= 11 is 0. The highest BCUT2D eigenvalue weighted by atomic mass is 32.2. The summed E-state index contributed by atoms with van der Waals surface area (Å²) in [4.78, 5) is 12.2. The van der Waals surface area contributed by atoms with Gasteiger partial charge in [0.05, 0.1) is 7.11 Å². The van der Waals surface area contributed by atoms with E-state index < -0.39 is 22.0 Å². The van der Waals surface area contributed by atoms with E-state index in [0.717, 1.165) is 0 Å². The molecule has 1 unspecified atom stereocenters. The lowest BCUT2D eigenvalue weighted by atomic mass is 10.2. The Balaban J connectivity index is 1.56. The first-order valence-electron chi connectivity index (χ1n) is 8.94. The number of nitrogens with one attached hydrogen (secondary N) is 2. The van der Waals surface area contributed by atoms with Crippen LogP contribution in [0.25, 0.3) is 0 Å². The molecule has 0 aliphatic carbocycles. The third-order valence-electron chi connectivity index (χ3n) is 4.27. The first kappa shape index (κ1) is 21.7. The first-order valence-corrected chi connectivity index (χ1v) is 10.4. The fourth-order valence-electron chi connectivity index (χ4n) is 2.67. The van der Waals surface area contributed by atoms with Crippen molar-refractivity contribution in [1.82, 2.24) is 10.0 Å². The molecule has 0 aromatic heterocycles. The van der Waals surface area contributed by atoms with Crippen LogP contribution in [0.3, 0.4) is 0 Å². The van der Waals surface area contributed by atoms with Crippen molar-refractivity contribution in [1.29, 1.82) is 0 Å². The molecule has 1 aliphatic rings. The van der Waals surface area contributed by atoms with Gasteiger partial charge in [-0.1, -0.05) is 0 Å². The second kappa shape index (κ2) is 9.20. The number of methoxy groups -OCH3 is 1. The summed E-state index contributed by atoms with van der Waals surface area (Å²) in [6.45, 7) is -0.0123. The number of hydrogen-bond donors (Lipinski definition) is 3. The number of sulfonamides is 1. The molecule has 3 rings (SSSR count). The van der Waals surface area contributed by atoms with Crippen LogP contribution in [0.15, 0.2) is 41.3 Å². The number of fused-ring (bicyclic) bond motifs is 1. The molecule has 0 saturated carbocycles. The molecule has 30 heavy (non-hydrogen) atoms. The van der Waals surface area contributed by atoms with Gasteiger partial charge in [-0.15, -0.1) is 0 Å². The minimum absolute atomic E-state index is 0.0675. The van der Waals surface area contributed by atoms with Crippen molar-refractivity contribution in [3.63, 3.8) is 0 Å². The van der Waals surface area contributed by atoms with Gasteiger partial charge in [-0.05, 0) is 37.4 Å². The molecule has 0 bridgehead atoms. The van der Waals surface area contributed by atoms with E-state index in [4.69, 9.17) is 18.9 Å². The van der Waals surface area contributed by atoms with Gasteiger partial charge < -0.3 is 29.4 Å². The molecule has 3 N–H and O–H groups in total. The third kappa shape index (κ3) is 4.93. The fraction of sp³-hybridized carbons (Fsp3) is 0.316. The predicted octanol–water partition coefficient (Wildman–Crippen LogP) is 0.502. The average Bonchev–Trinajstić information content (AvgIpc) is 3.23. The molecular weight excluding hydrogens is 416 g/mol. The van der Waals surface area contributed by atoms with Gasteiger partial charge >= 0.3 is 0 Å². The Kier molecular flexibility index (Phi) is 6.65. The van der Waals surface area contributed by atoms with Crippen LogP contribution in [0.2, 0.25) is 0 Å². The topological polar surface area (TPSA) is 132 Å². The zero-order valence-electron chi connectivity index (χ0n) is 16.4. The SMILES string of the molecule is CNS(=O)(=O)c1cc(C(=O)NCC(O)COc2ccc3c(c2)OCO3)ccc1OC. The number of hydrogen-bond acceptors (Lipinski definition) is 8. The van der Waals surface area contributed by atoms with Crippen LogP contribution in [0.4, 0.5) is 0 Å². The van der Waals surface area contributed by atoms with Crippen LogP contribution in [0.5, 0.6) is 23.0 Å². The summed E-state index contributed by atoms with van der Waals surface area (Å²) in [6.07, 6.45) is -0.988. The number of rotatable bonds is 9. The van der Waals surface area contributed by atoms with E-state index in [1.54, 1.807) is 18.2 Å². The van der Waals surface area contributed by atoms with Crippen molar-refractivity contribution in [3.05, 3.63) is 42.0 Å². The highest BCUT2D eigenvalue weighted by Gasteiger charge is 2.20. The molecule has 0 spiro atoms. The maximum absolute atomic E-state index is 12.4. The largest absolute Gasteiger partial charge is 0.495 e. The molecule has 0 radical (unpaired) electrons. The van der Waals surface area contributed by atoms with Crippen molar-refractivity contribution in [2.45, 2.75) is 11.0 Å². The van der Waals surface area contributed by atoms with Gasteiger partial charge in [0, 0.05) is 18.2 Å². The molecular formula is C19H22N2O8S. The van der Waals surface area contributed by atoms with Gasteiger partial charge in [0.15, 0.2) is 11.5 Å². The van der Waals surface area contributed by atoms with E-state index in [1.165, 1.54) is 32.4 Å². The standard InChI is InChI=1S/C19H22N2O8S/c1-20-30(24,25)18-7-12(3-5-16(18)26-2)19(23)21-9-13(22)10-27-14-4-6-15-17(8-14)29-11-28-15/h3-8,13,20,22H,9-11H2,1-2H3,(H,21,23). The lowest BCUT2D eigenvalue weighted by Gasteiger charge is -2.14. The molecule has 1 amide bonds. The van der Waals surface area contributed by atoms with E-state index in [-0.39, 0.29) is 36.2 Å². The summed E-state index contributed by atoms with van der Waals surface area (Å²) in [5.74, 6) is 1.23. The van der Waals surface area contributed by atoms with Crippen LogP contribution in [0, 0.1) is 0 Å². The quantitative estimate of drug-likeness (QED) is 0.516. The maximum atomic E-state index is 12.4. The van der Waals surface area contributed by atoms with E-state index in [9.17, 15) is 18.3 Å². The second-order valence-electron chi connectivity index (χ2n) is 6.26.